The fourth-order valence-corrected chi connectivity index (χ4v) is 1.92. The highest BCUT2D eigenvalue weighted by Crippen LogP contribution is 2.13. The highest BCUT2D eigenvalue weighted by atomic mass is 16.6. The minimum absolute atomic E-state index is 0.116. The van der Waals surface area contributed by atoms with Crippen LogP contribution in [0.4, 0.5) is 5.69 Å². The van der Waals surface area contributed by atoms with Crippen LogP contribution in [0.2, 0.25) is 0 Å². The summed E-state index contributed by atoms with van der Waals surface area (Å²) < 4.78 is 0. The molecule has 0 saturated heterocycles. The van der Waals surface area contributed by atoms with E-state index in [0.29, 0.717) is 6.04 Å². The third-order valence-corrected chi connectivity index (χ3v) is 2.79. The molecule has 0 spiro atoms. The smallest absolute Gasteiger partial charge is 0.272 e. The van der Waals surface area contributed by atoms with Gasteiger partial charge in [0, 0.05) is 36.5 Å². The van der Waals surface area contributed by atoms with Crippen molar-refractivity contribution in [3.8, 4) is 0 Å². The summed E-state index contributed by atoms with van der Waals surface area (Å²) >= 11 is 0. The number of rotatable bonds is 8. The number of hydrogen-bond acceptors (Lipinski definition) is 4. The minimum Gasteiger partial charge on any atom is -0.314 e. The lowest BCUT2D eigenvalue weighted by atomic mass is 10.1. The normalized spacial score (nSPS) is 12.3. The van der Waals surface area contributed by atoms with Gasteiger partial charge < -0.3 is 5.32 Å². The van der Waals surface area contributed by atoms with E-state index in [1.807, 2.05) is 0 Å². The first-order chi connectivity index (χ1) is 8.67. The summed E-state index contributed by atoms with van der Waals surface area (Å²) in [6, 6.07) is 3.35. The monoisotopic (exact) mass is 251 g/mol. The van der Waals surface area contributed by atoms with Crippen molar-refractivity contribution in [2.24, 2.45) is 0 Å². The predicted molar refractivity (Wildman–Crippen MR) is 71.6 cm³/mol. The molecule has 0 bridgehead atoms. The lowest BCUT2D eigenvalue weighted by Crippen LogP contribution is -2.31. The molecule has 1 rings (SSSR count). The van der Waals surface area contributed by atoms with Crippen molar-refractivity contribution in [3.05, 3.63) is 34.1 Å². The van der Waals surface area contributed by atoms with Gasteiger partial charge in [-0.3, -0.25) is 15.1 Å². The summed E-state index contributed by atoms with van der Waals surface area (Å²) in [7, 11) is 0. The van der Waals surface area contributed by atoms with Gasteiger partial charge in [-0.15, -0.1) is 0 Å². The zero-order valence-electron chi connectivity index (χ0n) is 11.1. The Morgan fingerprint density at radius 2 is 2.22 bits per heavy atom. The van der Waals surface area contributed by atoms with Crippen LogP contribution in [0.5, 0.6) is 0 Å². The van der Waals surface area contributed by atoms with Crippen LogP contribution in [0.15, 0.2) is 18.3 Å². The van der Waals surface area contributed by atoms with Gasteiger partial charge in [0.25, 0.3) is 5.69 Å². The Morgan fingerprint density at radius 1 is 1.44 bits per heavy atom. The molecule has 1 N–H and O–H groups in total. The van der Waals surface area contributed by atoms with Crippen LogP contribution in [0.3, 0.4) is 0 Å². The van der Waals surface area contributed by atoms with Gasteiger partial charge in [0.05, 0.1) is 4.92 Å². The zero-order chi connectivity index (χ0) is 13.4. The Balaban J connectivity index is 2.67. The van der Waals surface area contributed by atoms with E-state index in [1.54, 1.807) is 6.07 Å². The first kappa shape index (κ1) is 14.6. The minimum atomic E-state index is -0.376. The molecule has 18 heavy (non-hydrogen) atoms. The van der Waals surface area contributed by atoms with Crippen LogP contribution in [0.25, 0.3) is 0 Å². The summed E-state index contributed by atoms with van der Waals surface area (Å²) in [5.41, 5.74) is 0.900. The molecule has 1 aromatic heterocycles. The summed E-state index contributed by atoms with van der Waals surface area (Å²) in [6.45, 7) is 5.24. The van der Waals surface area contributed by atoms with Crippen LogP contribution >= 0.6 is 0 Å². The van der Waals surface area contributed by atoms with Crippen molar-refractivity contribution < 1.29 is 4.92 Å². The molecule has 0 radical (unpaired) electrons. The average Bonchev–Trinajstić information content (AvgIpc) is 2.36. The van der Waals surface area contributed by atoms with E-state index in [9.17, 15) is 10.1 Å². The molecule has 0 amide bonds. The lowest BCUT2D eigenvalue weighted by molar-refractivity contribution is -0.385. The van der Waals surface area contributed by atoms with Crippen LogP contribution in [-0.4, -0.2) is 22.5 Å². The fraction of sp³-hybridized carbons (Fsp3) is 0.615. The standard InChI is InChI=1S/C13H21N3O2/c1-3-5-11(14-7-4-2)9-12-10-13(16(17)18)6-8-15-12/h6,8,10-11,14H,3-5,7,9H2,1-2H3. The summed E-state index contributed by atoms with van der Waals surface area (Å²) in [5, 5.41) is 14.2. The van der Waals surface area contributed by atoms with E-state index in [4.69, 9.17) is 0 Å². The summed E-state index contributed by atoms with van der Waals surface area (Å²) in [6.07, 6.45) is 5.50. The molecule has 0 fully saturated rings. The molecule has 5 nitrogen and oxygen atoms in total. The lowest BCUT2D eigenvalue weighted by Gasteiger charge is -2.17. The Bertz CT molecular complexity index is 382. The third kappa shape index (κ3) is 4.79. The molecule has 0 aromatic carbocycles. The number of pyridine rings is 1. The van der Waals surface area contributed by atoms with Crippen LogP contribution < -0.4 is 5.32 Å². The maximum atomic E-state index is 10.7. The average molecular weight is 251 g/mol. The molecule has 0 aliphatic heterocycles. The van der Waals surface area contributed by atoms with Crippen molar-refractivity contribution in [2.75, 3.05) is 6.54 Å². The highest BCUT2D eigenvalue weighted by Gasteiger charge is 2.12. The molecule has 0 aliphatic rings. The molecule has 1 aromatic rings. The maximum Gasteiger partial charge on any atom is 0.272 e. The van der Waals surface area contributed by atoms with Gasteiger partial charge in [-0.1, -0.05) is 20.3 Å². The Hall–Kier alpha value is -1.49. The second-order valence-electron chi connectivity index (χ2n) is 4.41. The number of nitrogens with one attached hydrogen (secondary N) is 1. The third-order valence-electron chi connectivity index (χ3n) is 2.79. The molecule has 1 atom stereocenters. The molecule has 5 heteroatoms. The van der Waals surface area contributed by atoms with Crippen LogP contribution in [0, 0.1) is 10.1 Å². The topological polar surface area (TPSA) is 68.1 Å². The highest BCUT2D eigenvalue weighted by molar-refractivity contribution is 5.29. The fourth-order valence-electron chi connectivity index (χ4n) is 1.92. The van der Waals surface area contributed by atoms with E-state index >= 15 is 0 Å². The summed E-state index contributed by atoms with van der Waals surface area (Å²) in [5.74, 6) is 0. The van der Waals surface area contributed by atoms with Gasteiger partial charge in [-0.05, 0) is 19.4 Å². The first-order valence-corrected chi connectivity index (χ1v) is 6.50. The quantitative estimate of drug-likeness (QED) is 0.569. The Morgan fingerprint density at radius 3 is 2.83 bits per heavy atom. The van der Waals surface area contributed by atoms with Crippen LogP contribution in [-0.2, 0) is 6.42 Å². The van der Waals surface area contributed by atoms with E-state index in [2.05, 4.69) is 24.1 Å². The van der Waals surface area contributed by atoms with E-state index in [1.165, 1.54) is 12.3 Å². The molecular weight excluding hydrogens is 230 g/mol. The predicted octanol–water partition coefficient (Wildman–Crippen LogP) is 2.70. The number of hydrogen-bond donors (Lipinski definition) is 1. The van der Waals surface area contributed by atoms with Gasteiger partial charge in [-0.25, -0.2) is 0 Å². The van der Waals surface area contributed by atoms with Crippen molar-refractivity contribution in [1.82, 2.24) is 10.3 Å². The van der Waals surface area contributed by atoms with Crippen molar-refractivity contribution in [2.45, 2.75) is 45.6 Å². The second kappa shape index (κ2) is 7.76. The van der Waals surface area contributed by atoms with Gasteiger partial charge in [-0.2, -0.15) is 0 Å². The number of aromatic nitrogens is 1. The zero-order valence-corrected chi connectivity index (χ0v) is 11.1. The molecule has 100 valence electrons. The molecule has 0 saturated carbocycles. The van der Waals surface area contributed by atoms with Gasteiger partial charge >= 0.3 is 0 Å². The Kier molecular flexibility index (Phi) is 6.28. The van der Waals surface area contributed by atoms with Crippen LogP contribution in [0.1, 0.15) is 38.8 Å². The maximum absolute atomic E-state index is 10.7. The molecule has 1 unspecified atom stereocenters. The second-order valence-corrected chi connectivity index (χ2v) is 4.41. The Labute approximate surface area is 108 Å². The van der Waals surface area contributed by atoms with Gasteiger partial charge in [0.2, 0.25) is 0 Å². The molecular formula is C13H21N3O2. The largest absolute Gasteiger partial charge is 0.314 e. The number of nitro groups is 1. The molecule has 1 heterocycles. The van der Waals surface area contributed by atoms with E-state index in [-0.39, 0.29) is 10.6 Å². The molecule has 0 aliphatic carbocycles. The van der Waals surface area contributed by atoms with Crippen molar-refractivity contribution in [1.29, 1.82) is 0 Å². The van der Waals surface area contributed by atoms with Gasteiger partial charge in [0.15, 0.2) is 0 Å². The van der Waals surface area contributed by atoms with Gasteiger partial charge in [0.1, 0.15) is 0 Å². The van der Waals surface area contributed by atoms with Crippen molar-refractivity contribution in [3.63, 3.8) is 0 Å². The number of nitrogens with zero attached hydrogens (tertiary/aromatic N) is 2. The SMILES string of the molecule is CCCNC(CCC)Cc1cc([N+](=O)[O-])ccn1. The summed E-state index contributed by atoms with van der Waals surface area (Å²) in [4.78, 5) is 14.5. The van der Waals surface area contributed by atoms with E-state index < -0.39 is 0 Å². The first-order valence-electron chi connectivity index (χ1n) is 6.50. The van der Waals surface area contributed by atoms with E-state index in [0.717, 1.165) is 37.9 Å². The van der Waals surface area contributed by atoms with Crippen molar-refractivity contribution >= 4 is 5.69 Å².